The highest BCUT2D eigenvalue weighted by Gasteiger charge is 2.15. The normalized spacial score (nSPS) is 10.3. The van der Waals surface area contributed by atoms with Crippen LogP contribution in [0.15, 0.2) is 43.0 Å². The molecule has 0 saturated carbocycles. The van der Waals surface area contributed by atoms with E-state index in [4.69, 9.17) is 11.6 Å². The Morgan fingerprint density at radius 3 is 2.70 bits per heavy atom. The molecule has 0 aliphatic rings. The summed E-state index contributed by atoms with van der Waals surface area (Å²) in [5, 5.41) is 0.675. The molecule has 0 aliphatic heterocycles. The summed E-state index contributed by atoms with van der Waals surface area (Å²) in [6, 6.07) is 7.54. The number of amides is 1. The Bertz CT molecular complexity index is 574. The highest BCUT2D eigenvalue weighted by atomic mass is 35.5. The van der Waals surface area contributed by atoms with Crippen LogP contribution in [0.4, 0.5) is 0 Å². The maximum absolute atomic E-state index is 12.4. The van der Waals surface area contributed by atoms with E-state index in [1.807, 2.05) is 31.2 Å². The van der Waals surface area contributed by atoms with Crippen LogP contribution in [-0.2, 0) is 6.54 Å². The molecular formula is C15H16ClN3O. The summed E-state index contributed by atoms with van der Waals surface area (Å²) in [7, 11) is 0. The molecule has 4 nitrogen and oxygen atoms in total. The van der Waals surface area contributed by atoms with Crippen molar-refractivity contribution in [3.05, 3.63) is 59.1 Å². The second kappa shape index (κ2) is 7.01. The van der Waals surface area contributed by atoms with Gasteiger partial charge < -0.3 is 4.90 Å². The van der Waals surface area contributed by atoms with Crippen molar-refractivity contribution < 1.29 is 4.79 Å². The van der Waals surface area contributed by atoms with Crippen LogP contribution < -0.4 is 0 Å². The Kier molecular flexibility index (Phi) is 5.07. The van der Waals surface area contributed by atoms with Gasteiger partial charge in [-0.05, 0) is 24.1 Å². The molecular weight excluding hydrogens is 274 g/mol. The van der Waals surface area contributed by atoms with Gasteiger partial charge in [-0.3, -0.25) is 4.79 Å². The first-order valence-electron chi connectivity index (χ1n) is 6.49. The molecule has 1 heterocycles. The van der Waals surface area contributed by atoms with E-state index in [1.54, 1.807) is 4.90 Å². The van der Waals surface area contributed by atoms with Gasteiger partial charge in [-0.1, -0.05) is 30.7 Å². The number of carbonyl (C=O) groups is 1. The number of carbonyl (C=O) groups excluding carboxylic acids is 1. The lowest BCUT2D eigenvalue weighted by Crippen LogP contribution is -2.31. The van der Waals surface area contributed by atoms with Gasteiger partial charge in [0.25, 0.3) is 5.91 Å². The van der Waals surface area contributed by atoms with Gasteiger partial charge in [-0.15, -0.1) is 0 Å². The first kappa shape index (κ1) is 14.5. The SMILES string of the molecule is CCCN(Cc1cccc(Cl)c1)C(=O)c1cncnc1. The van der Waals surface area contributed by atoms with Gasteiger partial charge in [0.2, 0.25) is 0 Å². The lowest BCUT2D eigenvalue weighted by molar-refractivity contribution is 0.0742. The molecule has 20 heavy (non-hydrogen) atoms. The zero-order valence-electron chi connectivity index (χ0n) is 11.3. The molecule has 2 aromatic rings. The molecule has 2 rings (SSSR count). The summed E-state index contributed by atoms with van der Waals surface area (Å²) in [5.74, 6) is -0.0626. The molecule has 1 aromatic heterocycles. The molecule has 0 bridgehead atoms. The summed E-state index contributed by atoms with van der Waals surface area (Å²) >= 11 is 5.98. The van der Waals surface area contributed by atoms with Gasteiger partial charge in [0, 0.05) is 30.5 Å². The lowest BCUT2D eigenvalue weighted by atomic mass is 10.2. The quantitative estimate of drug-likeness (QED) is 0.849. The van der Waals surface area contributed by atoms with E-state index in [-0.39, 0.29) is 5.91 Å². The average Bonchev–Trinajstić information content (AvgIpc) is 2.47. The molecule has 104 valence electrons. The first-order chi connectivity index (χ1) is 9.70. The van der Waals surface area contributed by atoms with Gasteiger partial charge >= 0.3 is 0 Å². The van der Waals surface area contributed by atoms with Gasteiger partial charge in [-0.25, -0.2) is 9.97 Å². The zero-order valence-corrected chi connectivity index (χ0v) is 12.0. The number of aromatic nitrogens is 2. The standard InChI is InChI=1S/C15H16ClN3O/c1-2-6-19(10-12-4-3-5-14(16)7-12)15(20)13-8-17-11-18-9-13/h3-5,7-9,11H,2,6,10H2,1H3. The fraction of sp³-hybridized carbons (Fsp3) is 0.267. The number of hydrogen-bond donors (Lipinski definition) is 0. The number of halogens is 1. The third-order valence-corrected chi connectivity index (χ3v) is 3.09. The van der Waals surface area contributed by atoms with Gasteiger partial charge in [0.1, 0.15) is 6.33 Å². The van der Waals surface area contributed by atoms with E-state index in [0.29, 0.717) is 23.7 Å². The summed E-state index contributed by atoms with van der Waals surface area (Å²) < 4.78 is 0. The number of hydrogen-bond acceptors (Lipinski definition) is 3. The van der Waals surface area contributed by atoms with Crippen molar-refractivity contribution >= 4 is 17.5 Å². The second-order valence-electron chi connectivity index (χ2n) is 4.48. The largest absolute Gasteiger partial charge is 0.334 e. The molecule has 0 aliphatic carbocycles. The minimum absolute atomic E-state index is 0.0626. The molecule has 0 N–H and O–H groups in total. The molecule has 0 atom stereocenters. The third-order valence-electron chi connectivity index (χ3n) is 2.85. The van der Waals surface area contributed by atoms with E-state index >= 15 is 0 Å². The number of benzene rings is 1. The highest BCUT2D eigenvalue weighted by Crippen LogP contribution is 2.14. The van der Waals surface area contributed by atoms with Crippen LogP contribution in [0.1, 0.15) is 29.3 Å². The molecule has 0 saturated heterocycles. The second-order valence-corrected chi connectivity index (χ2v) is 4.92. The number of rotatable bonds is 5. The zero-order chi connectivity index (χ0) is 14.4. The van der Waals surface area contributed by atoms with E-state index in [0.717, 1.165) is 12.0 Å². The summed E-state index contributed by atoms with van der Waals surface area (Å²) in [5.41, 5.74) is 1.51. The Hall–Kier alpha value is -1.94. The van der Waals surface area contributed by atoms with Crippen LogP contribution in [0.3, 0.4) is 0 Å². The predicted octanol–water partition coefficient (Wildman–Crippen LogP) is 3.18. The van der Waals surface area contributed by atoms with Crippen LogP contribution >= 0.6 is 11.6 Å². The van der Waals surface area contributed by atoms with Crippen molar-refractivity contribution in [3.63, 3.8) is 0 Å². The van der Waals surface area contributed by atoms with E-state index in [2.05, 4.69) is 9.97 Å². The van der Waals surface area contributed by atoms with Crippen molar-refractivity contribution in [2.45, 2.75) is 19.9 Å². The molecule has 5 heteroatoms. The third kappa shape index (κ3) is 3.78. The molecule has 1 amide bonds. The Morgan fingerprint density at radius 1 is 1.30 bits per heavy atom. The van der Waals surface area contributed by atoms with Gasteiger partial charge in [-0.2, -0.15) is 0 Å². The van der Waals surface area contributed by atoms with Crippen molar-refractivity contribution in [2.24, 2.45) is 0 Å². The van der Waals surface area contributed by atoms with Crippen molar-refractivity contribution in [3.8, 4) is 0 Å². The Labute approximate surface area is 123 Å². The van der Waals surface area contributed by atoms with Crippen LogP contribution in [0.25, 0.3) is 0 Å². The van der Waals surface area contributed by atoms with Crippen molar-refractivity contribution in [2.75, 3.05) is 6.54 Å². The van der Waals surface area contributed by atoms with Crippen molar-refractivity contribution in [1.82, 2.24) is 14.9 Å². The minimum Gasteiger partial charge on any atom is -0.334 e. The fourth-order valence-corrected chi connectivity index (χ4v) is 2.18. The molecule has 0 unspecified atom stereocenters. The number of nitrogens with zero attached hydrogens (tertiary/aromatic N) is 3. The first-order valence-corrected chi connectivity index (χ1v) is 6.87. The maximum atomic E-state index is 12.4. The summed E-state index contributed by atoms with van der Waals surface area (Å²) in [6.07, 6.45) is 5.38. The van der Waals surface area contributed by atoms with E-state index < -0.39 is 0 Å². The van der Waals surface area contributed by atoms with Crippen LogP contribution in [0, 0.1) is 0 Å². The topological polar surface area (TPSA) is 46.1 Å². The van der Waals surface area contributed by atoms with E-state index in [9.17, 15) is 4.79 Å². The monoisotopic (exact) mass is 289 g/mol. The molecule has 0 radical (unpaired) electrons. The smallest absolute Gasteiger partial charge is 0.257 e. The fourth-order valence-electron chi connectivity index (χ4n) is 1.97. The molecule has 0 spiro atoms. The summed E-state index contributed by atoms with van der Waals surface area (Å²) in [4.78, 5) is 22.0. The van der Waals surface area contributed by atoms with Gasteiger partial charge in [0.15, 0.2) is 0 Å². The average molecular weight is 290 g/mol. The minimum atomic E-state index is -0.0626. The van der Waals surface area contributed by atoms with Crippen LogP contribution in [0.5, 0.6) is 0 Å². The van der Waals surface area contributed by atoms with Crippen LogP contribution in [-0.4, -0.2) is 27.3 Å². The maximum Gasteiger partial charge on any atom is 0.257 e. The van der Waals surface area contributed by atoms with Crippen LogP contribution in [0.2, 0.25) is 5.02 Å². The lowest BCUT2D eigenvalue weighted by Gasteiger charge is -2.22. The predicted molar refractivity (Wildman–Crippen MR) is 78.5 cm³/mol. The Morgan fingerprint density at radius 2 is 2.05 bits per heavy atom. The van der Waals surface area contributed by atoms with Gasteiger partial charge in [0.05, 0.1) is 5.56 Å². The summed E-state index contributed by atoms with van der Waals surface area (Å²) in [6.45, 7) is 3.25. The highest BCUT2D eigenvalue weighted by molar-refractivity contribution is 6.30. The molecule has 1 aromatic carbocycles. The molecule has 0 fully saturated rings. The van der Waals surface area contributed by atoms with Crippen molar-refractivity contribution in [1.29, 1.82) is 0 Å². The van der Waals surface area contributed by atoms with E-state index in [1.165, 1.54) is 18.7 Å². The Balaban J connectivity index is 2.17.